The van der Waals surface area contributed by atoms with Crippen molar-refractivity contribution in [3.8, 4) is 0 Å². The number of benzene rings is 2. The zero-order chi connectivity index (χ0) is 16.8. The highest BCUT2D eigenvalue weighted by atomic mass is 16.1. The molecule has 0 fully saturated rings. The zero-order valence-corrected chi connectivity index (χ0v) is 14.7. The van der Waals surface area contributed by atoms with Crippen LogP contribution in [0.5, 0.6) is 0 Å². The van der Waals surface area contributed by atoms with Crippen LogP contribution in [0.15, 0.2) is 48.5 Å². The first-order valence-corrected chi connectivity index (χ1v) is 8.52. The average Bonchev–Trinajstić information content (AvgIpc) is 2.56. The van der Waals surface area contributed by atoms with Gasteiger partial charge < -0.3 is 4.90 Å². The van der Waals surface area contributed by atoms with Crippen LogP contribution in [0.3, 0.4) is 0 Å². The molecule has 0 aliphatic carbocycles. The van der Waals surface area contributed by atoms with Crippen molar-refractivity contribution >= 4 is 11.5 Å². The fourth-order valence-electron chi connectivity index (χ4n) is 2.80. The molecule has 0 bridgehead atoms. The van der Waals surface area contributed by atoms with E-state index in [1.807, 2.05) is 36.4 Å². The molecule has 0 saturated carbocycles. The molecule has 0 amide bonds. The van der Waals surface area contributed by atoms with Crippen LogP contribution < -0.4 is 4.90 Å². The molecule has 2 aromatic carbocycles. The Labute approximate surface area is 140 Å². The third-order valence-electron chi connectivity index (χ3n) is 4.30. The van der Waals surface area contributed by atoms with Gasteiger partial charge in [0.15, 0.2) is 5.78 Å². The van der Waals surface area contributed by atoms with Crippen LogP contribution in [0.2, 0.25) is 0 Å². The van der Waals surface area contributed by atoms with Gasteiger partial charge in [0.1, 0.15) is 0 Å². The number of hydrogen-bond acceptors (Lipinski definition) is 2. The smallest absolute Gasteiger partial charge is 0.167 e. The first kappa shape index (κ1) is 17.3. The molecular weight excluding hydrogens is 282 g/mol. The molecule has 23 heavy (non-hydrogen) atoms. The normalized spacial score (nSPS) is 10.8. The highest BCUT2D eigenvalue weighted by Gasteiger charge is 2.09. The van der Waals surface area contributed by atoms with Crippen molar-refractivity contribution in [3.05, 3.63) is 65.2 Å². The first-order chi connectivity index (χ1) is 11.0. The van der Waals surface area contributed by atoms with Crippen LogP contribution in [-0.4, -0.2) is 18.9 Å². The first-order valence-electron chi connectivity index (χ1n) is 8.52. The van der Waals surface area contributed by atoms with Gasteiger partial charge in [-0.2, -0.15) is 0 Å². The van der Waals surface area contributed by atoms with Crippen molar-refractivity contribution in [1.29, 1.82) is 0 Å². The third kappa shape index (κ3) is 4.44. The minimum absolute atomic E-state index is 0.178. The van der Waals surface area contributed by atoms with E-state index in [2.05, 4.69) is 44.7 Å². The van der Waals surface area contributed by atoms with E-state index < -0.39 is 0 Å². The van der Waals surface area contributed by atoms with E-state index in [1.165, 1.54) is 11.3 Å². The summed E-state index contributed by atoms with van der Waals surface area (Å²) in [4.78, 5) is 14.8. The molecule has 2 rings (SSSR count). The Kier molecular flexibility index (Phi) is 5.97. The maximum Gasteiger partial charge on any atom is 0.167 e. The zero-order valence-electron chi connectivity index (χ0n) is 14.7. The molecule has 122 valence electrons. The average molecular weight is 309 g/mol. The van der Waals surface area contributed by atoms with Crippen LogP contribution in [0.1, 0.15) is 55.1 Å². The Hall–Kier alpha value is -2.09. The third-order valence-corrected chi connectivity index (χ3v) is 4.30. The Bertz CT molecular complexity index is 639. The molecule has 2 nitrogen and oxygen atoms in total. The molecule has 0 radical (unpaired) electrons. The highest BCUT2D eigenvalue weighted by molar-refractivity contribution is 5.97. The highest BCUT2D eigenvalue weighted by Crippen LogP contribution is 2.19. The minimum Gasteiger partial charge on any atom is -0.372 e. The van der Waals surface area contributed by atoms with Crippen molar-refractivity contribution in [2.45, 2.75) is 40.0 Å². The summed E-state index contributed by atoms with van der Waals surface area (Å²) in [6.07, 6.45) is 0.463. The molecule has 0 unspecified atom stereocenters. The maximum atomic E-state index is 12.5. The molecule has 2 aromatic rings. The summed E-state index contributed by atoms with van der Waals surface area (Å²) in [5, 5.41) is 0. The monoisotopic (exact) mass is 309 g/mol. The largest absolute Gasteiger partial charge is 0.372 e. The van der Waals surface area contributed by atoms with Crippen molar-refractivity contribution < 1.29 is 4.79 Å². The molecule has 0 N–H and O–H groups in total. The van der Waals surface area contributed by atoms with Gasteiger partial charge in [-0.3, -0.25) is 4.79 Å². The Balaban J connectivity index is 2.10. The predicted octanol–water partition coefficient (Wildman–Crippen LogP) is 5.08. The molecule has 0 heterocycles. The van der Waals surface area contributed by atoms with Gasteiger partial charge in [-0.25, -0.2) is 0 Å². The summed E-state index contributed by atoms with van der Waals surface area (Å²) in [6, 6.07) is 16.3. The second kappa shape index (κ2) is 7.96. The van der Waals surface area contributed by atoms with E-state index in [4.69, 9.17) is 0 Å². The van der Waals surface area contributed by atoms with Crippen LogP contribution >= 0.6 is 0 Å². The van der Waals surface area contributed by atoms with E-state index in [0.717, 1.165) is 24.2 Å². The summed E-state index contributed by atoms with van der Waals surface area (Å²) in [5.74, 6) is 0.662. The summed E-state index contributed by atoms with van der Waals surface area (Å²) in [7, 11) is 0. The van der Waals surface area contributed by atoms with Crippen LogP contribution in [0.4, 0.5) is 5.69 Å². The molecule has 0 saturated heterocycles. The lowest BCUT2D eigenvalue weighted by atomic mass is 9.97. The quantitative estimate of drug-likeness (QED) is 0.665. The summed E-state index contributed by atoms with van der Waals surface area (Å²) < 4.78 is 0. The number of hydrogen-bond donors (Lipinski definition) is 0. The SMILES string of the molecule is CCN(CC)c1ccc(C(=O)Cc2cccc(C(C)C)c2)cc1. The fraction of sp³-hybridized carbons (Fsp3) is 0.381. The molecule has 2 heteroatoms. The van der Waals surface area contributed by atoms with Crippen molar-refractivity contribution in [3.63, 3.8) is 0 Å². The number of Topliss-reactive ketones (excluding diaryl/α,β-unsaturated/α-hetero) is 1. The van der Waals surface area contributed by atoms with Gasteiger partial charge in [0.05, 0.1) is 0 Å². The molecule has 0 spiro atoms. The fourth-order valence-corrected chi connectivity index (χ4v) is 2.80. The lowest BCUT2D eigenvalue weighted by Gasteiger charge is -2.21. The van der Waals surface area contributed by atoms with Gasteiger partial charge in [-0.05, 0) is 55.2 Å². The number of anilines is 1. The van der Waals surface area contributed by atoms with Gasteiger partial charge >= 0.3 is 0 Å². The molecule has 0 aliphatic rings. The van der Waals surface area contributed by atoms with Crippen molar-refractivity contribution in [2.75, 3.05) is 18.0 Å². The maximum absolute atomic E-state index is 12.5. The Morgan fingerprint density at radius 1 is 1.00 bits per heavy atom. The molecule has 0 atom stereocenters. The van der Waals surface area contributed by atoms with E-state index in [-0.39, 0.29) is 5.78 Å². The number of carbonyl (C=O) groups is 1. The van der Waals surface area contributed by atoms with Gasteiger partial charge in [-0.15, -0.1) is 0 Å². The summed E-state index contributed by atoms with van der Waals surface area (Å²) >= 11 is 0. The van der Waals surface area contributed by atoms with Gasteiger partial charge in [0, 0.05) is 30.8 Å². The number of rotatable bonds is 7. The van der Waals surface area contributed by atoms with Crippen molar-refractivity contribution in [1.82, 2.24) is 0 Å². The van der Waals surface area contributed by atoms with Crippen LogP contribution in [0, 0.1) is 0 Å². The van der Waals surface area contributed by atoms with Gasteiger partial charge in [0.2, 0.25) is 0 Å². The second-order valence-electron chi connectivity index (χ2n) is 6.22. The van der Waals surface area contributed by atoms with Gasteiger partial charge in [0.25, 0.3) is 0 Å². The standard InChI is InChI=1S/C21H27NO/c1-5-22(6-2)20-12-10-18(11-13-20)21(23)15-17-8-7-9-19(14-17)16(3)4/h7-14,16H,5-6,15H2,1-4H3. The van der Waals surface area contributed by atoms with Crippen LogP contribution in [0.25, 0.3) is 0 Å². The molecule has 0 aromatic heterocycles. The molecule has 0 aliphatic heterocycles. The van der Waals surface area contributed by atoms with Crippen molar-refractivity contribution in [2.24, 2.45) is 0 Å². The van der Waals surface area contributed by atoms with E-state index in [0.29, 0.717) is 12.3 Å². The number of carbonyl (C=O) groups excluding carboxylic acids is 1. The van der Waals surface area contributed by atoms with E-state index >= 15 is 0 Å². The minimum atomic E-state index is 0.178. The predicted molar refractivity (Wildman–Crippen MR) is 98.6 cm³/mol. The topological polar surface area (TPSA) is 20.3 Å². The second-order valence-corrected chi connectivity index (χ2v) is 6.22. The van der Waals surface area contributed by atoms with Crippen LogP contribution in [-0.2, 0) is 6.42 Å². The Morgan fingerprint density at radius 3 is 2.22 bits per heavy atom. The summed E-state index contributed by atoms with van der Waals surface area (Å²) in [6.45, 7) is 10.6. The Morgan fingerprint density at radius 2 is 1.65 bits per heavy atom. The lowest BCUT2D eigenvalue weighted by molar-refractivity contribution is 0.0993. The molecular formula is C21H27NO. The van der Waals surface area contributed by atoms with E-state index in [9.17, 15) is 4.79 Å². The summed E-state index contributed by atoms with van der Waals surface area (Å²) in [5.41, 5.74) is 4.34. The van der Waals surface area contributed by atoms with E-state index in [1.54, 1.807) is 0 Å². The lowest BCUT2D eigenvalue weighted by Crippen LogP contribution is -2.21. The number of ketones is 1. The van der Waals surface area contributed by atoms with Gasteiger partial charge in [-0.1, -0.05) is 38.1 Å². The number of nitrogens with zero attached hydrogens (tertiary/aromatic N) is 1.